The molecule has 2 aromatic rings. The van der Waals surface area contributed by atoms with Gasteiger partial charge in [-0.3, -0.25) is 4.79 Å². The number of amides is 1. The quantitative estimate of drug-likeness (QED) is 0.728. The highest BCUT2D eigenvalue weighted by Gasteiger charge is 2.32. The molecule has 152 valence electrons. The Kier molecular flexibility index (Phi) is 8.34. The van der Waals surface area contributed by atoms with Crippen LogP contribution < -0.4 is 15.4 Å². The van der Waals surface area contributed by atoms with Crippen molar-refractivity contribution < 1.29 is 9.53 Å². The van der Waals surface area contributed by atoms with Gasteiger partial charge in [-0.1, -0.05) is 30.3 Å². The fourth-order valence-corrected chi connectivity index (χ4v) is 3.75. The van der Waals surface area contributed by atoms with Gasteiger partial charge in [0, 0.05) is 24.1 Å². The lowest BCUT2D eigenvalue weighted by atomic mass is 9.75. The number of carbonyl (C=O) groups excluding carboxylic acids is 1. The summed E-state index contributed by atoms with van der Waals surface area (Å²) in [5, 5.41) is 6.69. The molecule has 2 N–H and O–H groups in total. The van der Waals surface area contributed by atoms with Gasteiger partial charge in [0.05, 0.1) is 6.10 Å². The highest BCUT2D eigenvalue weighted by Crippen LogP contribution is 2.30. The van der Waals surface area contributed by atoms with Gasteiger partial charge < -0.3 is 15.4 Å². The lowest BCUT2D eigenvalue weighted by Gasteiger charge is -2.38. The standard InChI is InChI=1S/C23H30N2O2.ClH/c1-18(2)27-21-11-9-20(10-12-21)22(26)25-17-23(13-6-14-24-16-23)15-19-7-4-3-5-8-19;/h3-5,7-12,18,24H,6,13-17H2,1-2H3,(H,25,26);1H. The van der Waals surface area contributed by atoms with Crippen molar-refractivity contribution in [3.05, 3.63) is 65.7 Å². The van der Waals surface area contributed by atoms with Gasteiger partial charge in [-0.25, -0.2) is 0 Å². The van der Waals surface area contributed by atoms with Crippen LogP contribution in [0.25, 0.3) is 0 Å². The van der Waals surface area contributed by atoms with Crippen molar-refractivity contribution >= 4 is 18.3 Å². The molecule has 1 atom stereocenters. The van der Waals surface area contributed by atoms with Gasteiger partial charge in [-0.15, -0.1) is 12.4 Å². The van der Waals surface area contributed by atoms with E-state index in [-0.39, 0.29) is 29.8 Å². The van der Waals surface area contributed by atoms with Gasteiger partial charge in [-0.2, -0.15) is 0 Å². The summed E-state index contributed by atoms with van der Waals surface area (Å²) in [4.78, 5) is 12.6. The first-order valence-electron chi connectivity index (χ1n) is 9.86. The molecule has 2 aromatic carbocycles. The van der Waals surface area contributed by atoms with Crippen molar-refractivity contribution in [1.82, 2.24) is 10.6 Å². The Labute approximate surface area is 174 Å². The summed E-state index contributed by atoms with van der Waals surface area (Å²) < 4.78 is 5.65. The lowest BCUT2D eigenvalue weighted by Crippen LogP contribution is -2.48. The molecule has 3 rings (SSSR count). The molecule has 1 amide bonds. The van der Waals surface area contributed by atoms with E-state index in [0.717, 1.165) is 38.1 Å². The summed E-state index contributed by atoms with van der Waals surface area (Å²) in [6.07, 6.45) is 3.36. The molecule has 0 spiro atoms. The molecule has 1 aliphatic rings. The summed E-state index contributed by atoms with van der Waals surface area (Å²) in [6.45, 7) is 6.65. The van der Waals surface area contributed by atoms with Crippen LogP contribution in [0, 0.1) is 5.41 Å². The van der Waals surface area contributed by atoms with Gasteiger partial charge >= 0.3 is 0 Å². The van der Waals surface area contributed by atoms with E-state index in [9.17, 15) is 4.79 Å². The first-order chi connectivity index (χ1) is 13.1. The molecule has 0 saturated carbocycles. The normalized spacial score (nSPS) is 19.0. The van der Waals surface area contributed by atoms with E-state index >= 15 is 0 Å². The third-order valence-corrected chi connectivity index (χ3v) is 5.09. The molecule has 1 heterocycles. The average molecular weight is 403 g/mol. The molecule has 1 aliphatic heterocycles. The molecule has 1 fully saturated rings. The van der Waals surface area contributed by atoms with E-state index in [0.29, 0.717) is 12.1 Å². The maximum atomic E-state index is 12.6. The second kappa shape index (κ2) is 10.5. The van der Waals surface area contributed by atoms with Gasteiger partial charge in [0.1, 0.15) is 5.75 Å². The van der Waals surface area contributed by atoms with Crippen molar-refractivity contribution in [2.24, 2.45) is 5.41 Å². The average Bonchev–Trinajstić information content (AvgIpc) is 2.68. The fraction of sp³-hybridized carbons (Fsp3) is 0.435. The SMILES string of the molecule is CC(C)Oc1ccc(C(=O)NCC2(Cc3ccccc3)CCCNC2)cc1.Cl. The summed E-state index contributed by atoms with van der Waals surface area (Å²) in [5.74, 6) is 0.766. The molecule has 1 saturated heterocycles. The minimum atomic E-state index is -0.0240. The number of hydrogen-bond acceptors (Lipinski definition) is 3. The van der Waals surface area contributed by atoms with E-state index in [1.54, 1.807) is 0 Å². The van der Waals surface area contributed by atoms with Crippen LogP contribution in [0.4, 0.5) is 0 Å². The number of nitrogens with one attached hydrogen (secondary N) is 2. The molecule has 0 bridgehead atoms. The van der Waals surface area contributed by atoms with Crippen LogP contribution in [-0.4, -0.2) is 31.6 Å². The summed E-state index contributed by atoms with van der Waals surface area (Å²) in [6, 6.07) is 17.9. The highest BCUT2D eigenvalue weighted by molar-refractivity contribution is 5.94. The summed E-state index contributed by atoms with van der Waals surface area (Å²) in [7, 11) is 0. The lowest BCUT2D eigenvalue weighted by molar-refractivity contribution is 0.0916. The highest BCUT2D eigenvalue weighted by atomic mass is 35.5. The van der Waals surface area contributed by atoms with Crippen molar-refractivity contribution in [3.8, 4) is 5.75 Å². The number of halogens is 1. The third-order valence-electron chi connectivity index (χ3n) is 5.09. The van der Waals surface area contributed by atoms with E-state index < -0.39 is 0 Å². The molecular formula is C23H31ClN2O2. The van der Waals surface area contributed by atoms with E-state index in [1.165, 1.54) is 5.56 Å². The minimum absolute atomic E-state index is 0. The zero-order valence-corrected chi connectivity index (χ0v) is 17.6. The van der Waals surface area contributed by atoms with Crippen LogP contribution in [-0.2, 0) is 6.42 Å². The maximum absolute atomic E-state index is 12.6. The Balaban J connectivity index is 0.00000280. The van der Waals surface area contributed by atoms with Crippen molar-refractivity contribution in [1.29, 1.82) is 0 Å². The summed E-state index contributed by atoms with van der Waals surface area (Å²) in [5.41, 5.74) is 2.06. The Morgan fingerprint density at radius 2 is 1.86 bits per heavy atom. The first-order valence-corrected chi connectivity index (χ1v) is 9.86. The molecule has 5 heteroatoms. The number of ether oxygens (including phenoxy) is 1. The smallest absolute Gasteiger partial charge is 0.251 e. The molecule has 0 aliphatic carbocycles. The largest absolute Gasteiger partial charge is 0.491 e. The second-order valence-electron chi connectivity index (χ2n) is 7.82. The topological polar surface area (TPSA) is 50.4 Å². The maximum Gasteiger partial charge on any atom is 0.251 e. The van der Waals surface area contributed by atoms with Crippen LogP contribution in [0.5, 0.6) is 5.75 Å². The van der Waals surface area contributed by atoms with Crippen LogP contribution in [0.15, 0.2) is 54.6 Å². The van der Waals surface area contributed by atoms with E-state index in [1.807, 2.05) is 44.2 Å². The number of rotatable bonds is 7. The van der Waals surface area contributed by atoms with Crippen LogP contribution in [0.3, 0.4) is 0 Å². The fourth-order valence-electron chi connectivity index (χ4n) is 3.75. The monoisotopic (exact) mass is 402 g/mol. The van der Waals surface area contributed by atoms with Crippen molar-refractivity contribution in [2.45, 2.75) is 39.2 Å². The minimum Gasteiger partial charge on any atom is -0.491 e. The number of benzene rings is 2. The molecule has 0 aromatic heterocycles. The van der Waals surface area contributed by atoms with Crippen LogP contribution in [0.1, 0.15) is 42.6 Å². The second-order valence-corrected chi connectivity index (χ2v) is 7.82. The number of hydrogen-bond donors (Lipinski definition) is 2. The number of piperidine rings is 1. The molecule has 4 nitrogen and oxygen atoms in total. The molecule has 1 unspecified atom stereocenters. The zero-order chi connectivity index (χ0) is 19.1. The van der Waals surface area contributed by atoms with Crippen LogP contribution >= 0.6 is 12.4 Å². The van der Waals surface area contributed by atoms with Gasteiger partial charge in [0.25, 0.3) is 5.91 Å². The number of carbonyl (C=O) groups is 1. The Morgan fingerprint density at radius 3 is 2.46 bits per heavy atom. The van der Waals surface area contributed by atoms with Gasteiger partial charge in [-0.05, 0) is 69.5 Å². The van der Waals surface area contributed by atoms with Crippen molar-refractivity contribution in [2.75, 3.05) is 19.6 Å². The predicted molar refractivity (Wildman–Crippen MR) is 116 cm³/mol. The van der Waals surface area contributed by atoms with Gasteiger partial charge in [0.2, 0.25) is 0 Å². The first kappa shape index (κ1) is 22.3. The Bertz CT molecular complexity index is 726. The Hall–Kier alpha value is -2.04. The predicted octanol–water partition coefficient (Wildman–Crippen LogP) is 4.24. The Morgan fingerprint density at radius 1 is 1.14 bits per heavy atom. The van der Waals surface area contributed by atoms with E-state index in [2.05, 4.69) is 34.9 Å². The van der Waals surface area contributed by atoms with Crippen molar-refractivity contribution in [3.63, 3.8) is 0 Å². The molecule has 0 radical (unpaired) electrons. The zero-order valence-electron chi connectivity index (χ0n) is 16.7. The molecular weight excluding hydrogens is 372 g/mol. The summed E-state index contributed by atoms with van der Waals surface area (Å²) >= 11 is 0. The third kappa shape index (κ3) is 6.25. The van der Waals surface area contributed by atoms with Gasteiger partial charge in [0.15, 0.2) is 0 Å². The molecule has 28 heavy (non-hydrogen) atoms. The van der Waals surface area contributed by atoms with Crippen LogP contribution in [0.2, 0.25) is 0 Å². The van der Waals surface area contributed by atoms with E-state index in [4.69, 9.17) is 4.74 Å².